The SMILES string of the molecule is C#Cc1ccc(CN(C=C)C(CN(CCc2cccs2)CC(=C)/C=C\C(C=C)=C(/C)C=C)=NC)cc1. The molecule has 0 N–H and O–H groups in total. The van der Waals surface area contributed by atoms with Crippen molar-refractivity contribution in [1.29, 1.82) is 0 Å². The summed E-state index contributed by atoms with van der Waals surface area (Å²) >= 11 is 1.79. The molecule has 186 valence electrons. The molecular weight excluding hydrogens is 458 g/mol. The summed E-state index contributed by atoms with van der Waals surface area (Å²) in [7, 11) is 1.83. The molecule has 1 aromatic heterocycles. The highest BCUT2D eigenvalue weighted by atomic mass is 32.1. The van der Waals surface area contributed by atoms with Crippen molar-refractivity contribution in [1.82, 2.24) is 9.80 Å². The minimum absolute atomic E-state index is 0.676. The number of hydrogen-bond donors (Lipinski definition) is 0. The van der Waals surface area contributed by atoms with Crippen molar-refractivity contribution in [2.24, 2.45) is 4.99 Å². The van der Waals surface area contributed by atoms with E-state index in [9.17, 15) is 0 Å². The fourth-order valence-corrected chi connectivity index (χ4v) is 4.32. The normalized spacial score (nSPS) is 12.2. The molecular formula is C32H37N3S. The zero-order valence-electron chi connectivity index (χ0n) is 21.6. The predicted molar refractivity (Wildman–Crippen MR) is 159 cm³/mol. The first-order chi connectivity index (χ1) is 17.4. The van der Waals surface area contributed by atoms with Gasteiger partial charge in [-0.25, -0.2) is 0 Å². The molecule has 36 heavy (non-hydrogen) atoms. The standard InChI is InChI=1S/C32H37N3S/c1-8-27(6)30(10-3)19-14-26(5)23-34(21-20-31-13-12-22-36-31)25-32(33-7)35(11-4)24-29-17-15-28(9-2)16-18-29/h2,8,10-19,22H,1,3-5,20-21,23-25H2,6-7H3/b19-14-,30-27+,33-32?. The zero-order chi connectivity index (χ0) is 26.3. The molecule has 0 saturated carbocycles. The smallest absolute Gasteiger partial charge is 0.117 e. The number of nitrogens with zero attached hydrogens (tertiary/aromatic N) is 3. The molecule has 2 rings (SSSR count). The summed E-state index contributed by atoms with van der Waals surface area (Å²) < 4.78 is 0. The summed E-state index contributed by atoms with van der Waals surface area (Å²) in [4.78, 5) is 10.5. The predicted octanol–water partition coefficient (Wildman–Crippen LogP) is 7.05. The van der Waals surface area contributed by atoms with E-state index in [4.69, 9.17) is 6.42 Å². The van der Waals surface area contributed by atoms with Crippen LogP contribution in [0, 0.1) is 12.3 Å². The molecule has 2 aromatic rings. The lowest BCUT2D eigenvalue weighted by Crippen LogP contribution is -2.39. The fraction of sp³-hybridized carbons (Fsp3) is 0.219. The van der Waals surface area contributed by atoms with Gasteiger partial charge in [0.25, 0.3) is 0 Å². The van der Waals surface area contributed by atoms with E-state index in [-0.39, 0.29) is 0 Å². The molecule has 0 spiro atoms. The van der Waals surface area contributed by atoms with Gasteiger partial charge in [-0.05, 0) is 65.4 Å². The average Bonchev–Trinajstić information content (AvgIpc) is 3.43. The van der Waals surface area contributed by atoms with E-state index in [0.717, 1.165) is 53.2 Å². The Morgan fingerprint density at radius 3 is 2.39 bits per heavy atom. The third-order valence-electron chi connectivity index (χ3n) is 5.81. The largest absolute Gasteiger partial charge is 0.332 e. The van der Waals surface area contributed by atoms with Crippen molar-refractivity contribution >= 4 is 17.2 Å². The van der Waals surface area contributed by atoms with Crippen LogP contribution in [0.1, 0.15) is 22.9 Å². The molecule has 0 saturated heterocycles. The maximum Gasteiger partial charge on any atom is 0.117 e. The molecule has 0 unspecified atom stereocenters. The molecule has 0 aliphatic rings. The molecule has 0 atom stereocenters. The van der Waals surface area contributed by atoms with Crippen molar-refractivity contribution in [2.75, 3.05) is 26.7 Å². The number of rotatable bonds is 14. The van der Waals surface area contributed by atoms with Crippen LogP contribution in [0.2, 0.25) is 0 Å². The Bertz CT molecular complexity index is 1150. The lowest BCUT2D eigenvalue weighted by atomic mass is 10.1. The van der Waals surface area contributed by atoms with Gasteiger partial charge in [-0.15, -0.1) is 17.8 Å². The molecule has 4 heteroatoms. The second-order valence-electron chi connectivity index (χ2n) is 8.37. The Morgan fingerprint density at radius 2 is 1.83 bits per heavy atom. The summed E-state index contributed by atoms with van der Waals surface area (Å²) in [6, 6.07) is 12.3. The molecule has 1 heterocycles. The highest BCUT2D eigenvalue weighted by Crippen LogP contribution is 2.14. The minimum atomic E-state index is 0.676. The molecule has 0 aliphatic heterocycles. The van der Waals surface area contributed by atoms with Crippen LogP contribution in [0.4, 0.5) is 0 Å². The maximum absolute atomic E-state index is 5.50. The van der Waals surface area contributed by atoms with Crippen LogP contribution in [0.25, 0.3) is 0 Å². The molecule has 0 aliphatic carbocycles. The van der Waals surface area contributed by atoms with E-state index in [1.165, 1.54) is 4.88 Å². The first-order valence-corrected chi connectivity index (χ1v) is 12.8. The van der Waals surface area contributed by atoms with Crippen molar-refractivity contribution in [3.05, 3.63) is 131 Å². The number of benzene rings is 1. The molecule has 0 radical (unpaired) electrons. The summed E-state index contributed by atoms with van der Waals surface area (Å²) in [6.07, 6.45) is 16.1. The summed E-state index contributed by atoms with van der Waals surface area (Å²) in [5.74, 6) is 3.61. The van der Waals surface area contributed by atoms with E-state index in [2.05, 4.69) is 88.8 Å². The molecule has 0 fully saturated rings. The van der Waals surface area contributed by atoms with Crippen LogP contribution in [-0.4, -0.2) is 42.3 Å². The Labute approximate surface area is 221 Å². The van der Waals surface area contributed by atoms with E-state index in [1.807, 2.05) is 44.5 Å². The Balaban J connectivity index is 2.17. The van der Waals surface area contributed by atoms with Gasteiger partial charge in [0.1, 0.15) is 5.84 Å². The third kappa shape index (κ3) is 9.19. The molecule has 0 bridgehead atoms. The van der Waals surface area contributed by atoms with E-state index >= 15 is 0 Å². The van der Waals surface area contributed by atoms with Gasteiger partial charge in [-0.1, -0.05) is 74.7 Å². The van der Waals surface area contributed by atoms with E-state index in [1.54, 1.807) is 11.3 Å². The highest BCUT2D eigenvalue weighted by molar-refractivity contribution is 7.09. The van der Waals surface area contributed by atoms with Crippen LogP contribution < -0.4 is 0 Å². The summed E-state index contributed by atoms with van der Waals surface area (Å²) in [5.41, 5.74) is 5.16. The number of aliphatic imine (C=N–C) groups is 1. The van der Waals surface area contributed by atoms with Crippen molar-refractivity contribution in [3.8, 4) is 12.3 Å². The Kier molecular flexibility index (Phi) is 12.2. The zero-order valence-corrected chi connectivity index (χ0v) is 22.4. The molecule has 0 amide bonds. The van der Waals surface area contributed by atoms with Gasteiger partial charge in [0.2, 0.25) is 0 Å². The van der Waals surface area contributed by atoms with Crippen LogP contribution in [0.3, 0.4) is 0 Å². The average molecular weight is 496 g/mol. The number of amidine groups is 1. The summed E-state index contributed by atoms with van der Waals surface area (Å²) in [5, 5.41) is 2.12. The number of hydrogen-bond acceptors (Lipinski definition) is 3. The van der Waals surface area contributed by atoms with Gasteiger partial charge in [0, 0.05) is 37.1 Å². The van der Waals surface area contributed by atoms with Gasteiger partial charge < -0.3 is 4.90 Å². The van der Waals surface area contributed by atoms with Crippen molar-refractivity contribution in [2.45, 2.75) is 19.9 Å². The first kappa shape index (κ1) is 28.6. The lowest BCUT2D eigenvalue weighted by Gasteiger charge is -2.28. The van der Waals surface area contributed by atoms with E-state index < -0.39 is 0 Å². The second kappa shape index (κ2) is 15.4. The lowest BCUT2D eigenvalue weighted by molar-refractivity contribution is 0.332. The Hall–Kier alpha value is -3.65. The van der Waals surface area contributed by atoms with Crippen LogP contribution in [0.5, 0.6) is 0 Å². The number of thiophene rings is 1. The van der Waals surface area contributed by atoms with Gasteiger partial charge in [0.05, 0.1) is 6.54 Å². The third-order valence-corrected chi connectivity index (χ3v) is 6.75. The first-order valence-electron chi connectivity index (χ1n) is 11.9. The minimum Gasteiger partial charge on any atom is -0.332 e. The molecule has 1 aromatic carbocycles. The maximum atomic E-state index is 5.50. The quantitative estimate of drug-likeness (QED) is 0.121. The van der Waals surface area contributed by atoms with E-state index in [0.29, 0.717) is 13.1 Å². The summed E-state index contributed by atoms with van der Waals surface area (Å²) in [6.45, 7) is 21.1. The highest BCUT2D eigenvalue weighted by Gasteiger charge is 2.15. The Morgan fingerprint density at radius 1 is 1.08 bits per heavy atom. The van der Waals surface area contributed by atoms with Gasteiger partial charge >= 0.3 is 0 Å². The topological polar surface area (TPSA) is 18.8 Å². The van der Waals surface area contributed by atoms with Crippen LogP contribution in [-0.2, 0) is 13.0 Å². The van der Waals surface area contributed by atoms with Gasteiger partial charge in [-0.3, -0.25) is 9.89 Å². The van der Waals surface area contributed by atoms with Crippen molar-refractivity contribution in [3.63, 3.8) is 0 Å². The second-order valence-corrected chi connectivity index (χ2v) is 9.40. The van der Waals surface area contributed by atoms with Crippen molar-refractivity contribution < 1.29 is 0 Å². The fourth-order valence-electron chi connectivity index (χ4n) is 3.62. The monoisotopic (exact) mass is 495 g/mol. The molecule has 3 nitrogen and oxygen atoms in total. The van der Waals surface area contributed by atoms with Crippen LogP contribution in [0.15, 0.2) is 120 Å². The number of allylic oxidation sites excluding steroid dienone is 5. The van der Waals surface area contributed by atoms with Gasteiger partial charge in [-0.2, -0.15) is 0 Å². The number of terminal acetylenes is 1. The van der Waals surface area contributed by atoms with Gasteiger partial charge in [0.15, 0.2) is 0 Å². The van der Waals surface area contributed by atoms with Crippen LogP contribution >= 0.6 is 11.3 Å².